The number of aromatic amines is 1. The van der Waals surface area contributed by atoms with Crippen molar-refractivity contribution in [2.75, 3.05) is 0 Å². The molecule has 0 aliphatic carbocycles. The van der Waals surface area contributed by atoms with Crippen LogP contribution in [-0.4, -0.2) is 16.1 Å². The van der Waals surface area contributed by atoms with Crippen LogP contribution >= 0.6 is 15.9 Å². The highest BCUT2D eigenvalue weighted by Gasteiger charge is 2.39. The van der Waals surface area contributed by atoms with E-state index in [9.17, 15) is 18.0 Å². The average Bonchev–Trinajstić information content (AvgIpc) is 2.60. The van der Waals surface area contributed by atoms with Gasteiger partial charge in [0.05, 0.1) is 16.6 Å². The van der Waals surface area contributed by atoms with Crippen LogP contribution in [0.15, 0.2) is 22.8 Å². The molecule has 0 bridgehead atoms. The minimum Gasteiger partial charge on any atom is -0.478 e. The van der Waals surface area contributed by atoms with E-state index < -0.39 is 23.3 Å². The number of alkyl halides is 3. The lowest BCUT2D eigenvalue weighted by Gasteiger charge is -2.13. The number of carbonyl (C=O) groups is 1. The van der Waals surface area contributed by atoms with Crippen LogP contribution < -0.4 is 0 Å². The molecule has 0 saturated carbocycles. The first-order valence-electron chi connectivity index (χ1n) is 4.42. The monoisotopic (exact) mass is 307 g/mol. The van der Waals surface area contributed by atoms with E-state index in [2.05, 4.69) is 20.9 Å². The fourth-order valence-corrected chi connectivity index (χ4v) is 2.33. The van der Waals surface area contributed by atoms with Crippen molar-refractivity contribution < 1.29 is 23.1 Å². The molecule has 90 valence electrons. The van der Waals surface area contributed by atoms with Gasteiger partial charge < -0.3 is 10.1 Å². The number of aromatic nitrogens is 1. The lowest BCUT2D eigenvalue weighted by Crippen LogP contribution is -2.14. The Hall–Kier alpha value is -1.50. The zero-order valence-electron chi connectivity index (χ0n) is 8.10. The number of fused-ring (bicyclic) bond motifs is 1. The second-order valence-electron chi connectivity index (χ2n) is 3.35. The topological polar surface area (TPSA) is 53.1 Å². The van der Waals surface area contributed by atoms with Crippen molar-refractivity contribution in [2.45, 2.75) is 6.18 Å². The van der Waals surface area contributed by atoms with Crippen LogP contribution in [0.1, 0.15) is 15.9 Å². The van der Waals surface area contributed by atoms with Gasteiger partial charge in [0.2, 0.25) is 0 Å². The third-order valence-electron chi connectivity index (χ3n) is 2.30. The van der Waals surface area contributed by atoms with Gasteiger partial charge in [-0.05, 0) is 12.1 Å². The highest BCUT2D eigenvalue weighted by Crippen LogP contribution is 2.40. The van der Waals surface area contributed by atoms with Gasteiger partial charge in [0.25, 0.3) is 0 Å². The van der Waals surface area contributed by atoms with Gasteiger partial charge in [-0.15, -0.1) is 0 Å². The van der Waals surface area contributed by atoms with E-state index in [1.54, 1.807) is 0 Å². The number of hydrogen-bond donors (Lipinski definition) is 2. The summed E-state index contributed by atoms with van der Waals surface area (Å²) in [7, 11) is 0. The lowest BCUT2D eigenvalue weighted by molar-refractivity contribution is -0.138. The molecule has 0 amide bonds. The Kier molecular flexibility index (Phi) is 2.65. The zero-order valence-corrected chi connectivity index (χ0v) is 9.69. The highest BCUT2D eigenvalue weighted by molar-refractivity contribution is 9.10. The second kappa shape index (κ2) is 3.76. The quantitative estimate of drug-likeness (QED) is 0.845. The molecular formula is C10H5BrF3NO2. The molecule has 1 aromatic carbocycles. The Morgan fingerprint density at radius 1 is 1.41 bits per heavy atom. The summed E-state index contributed by atoms with van der Waals surface area (Å²) in [6.07, 6.45) is -3.34. The summed E-state index contributed by atoms with van der Waals surface area (Å²) < 4.78 is 38.1. The predicted molar refractivity (Wildman–Crippen MR) is 58.0 cm³/mol. The third-order valence-corrected chi connectivity index (χ3v) is 2.92. The number of hydrogen-bond acceptors (Lipinski definition) is 1. The molecule has 0 atom stereocenters. The minimum absolute atomic E-state index is 0.0342. The fourth-order valence-electron chi connectivity index (χ4n) is 1.66. The van der Waals surface area contributed by atoms with Gasteiger partial charge in [0.1, 0.15) is 0 Å². The first kappa shape index (κ1) is 12.0. The number of carboxylic acids is 1. The van der Waals surface area contributed by atoms with Gasteiger partial charge in [-0.1, -0.05) is 15.9 Å². The number of benzene rings is 1. The number of H-pyrrole nitrogens is 1. The van der Waals surface area contributed by atoms with Crippen LogP contribution in [0.25, 0.3) is 10.9 Å². The fraction of sp³-hybridized carbons (Fsp3) is 0.100. The normalized spacial score (nSPS) is 12.0. The number of carboxylic acid groups (broad SMARTS) is 1. The number of halogens is 4. The Bertz CT molecular complexity index is 603. The summed E-state index contributed by atoms with van der Waals surface area (Å²) in [5.41, 5.74) is -1.99. The van der Waals surface area contributed by atoms with Crippen molar-refractivity contribution in [1.29, 1.82) is 0 Å². The second-order valence-corrected chi connectivity index (χ2v) is 4.21. The van der Waals surface area contributed by atoms with E-state index in [0.717, 1.165) is 0 Å². The van der Waals surface area contributed by atoms with E-state index in [-0.39, 0.29) is 9.99 Å². The summed E-state index contributed by atoms with van der Waals surface area (Å²) in [5.74, 6) is -1.62. The van der Waals surface area contributed by atoms with Crippen molar-refractivity contribution in [3.8, 4) is 0 Å². The largest absolute Gasteiger partial charge is 0.478 e. The van der Waals surface area contributed by atoms with E-state index >= 15 is 0 Å². The standard InChI is InChI=1S/C10H5BrF3NO2/c11-5-3-4-1-2-15-8(4)6(9(16)17)7(5)10(12,13)14/h1-3,15H,(H,16,17). The molecule has 0 unspecified atom stereocenters. The van der Waals surface area contributed by atoms with E-state index in [1.807, 2.05) is 0 Å². The maximum atomic E-state index is 12.8. The number of nitrogens with one attached hydrogen (secondary N) is 1. The Morgan fingerprint density at radius 2 is 2.06 bits per heavy atom. The maximum Gasteiger partial charge on any atom is 0.418 e. The van der Waals surface area contributed by atoms with Crippen molar-refractivity contribution in [3.63, 3.8) is 0 Å². The molecule has 2 rings (SSSR count). The summed E-state index contributed by atoms with van der Waals surface area (Å²) >= 11 is 2.76. The van der Waals surface area contributed by atoms with Gasteiger partial charge in [-0.3, -0.25) is 0 Å². The van der Waals surface area contributed by atoms with Crippen LogP contribution in [0.4, 0.5) is 13.2 Å². The van der Waals surface area contributed by atoms with Crippen molar-refractivity contribution in [1.82, 2.24) is 4.98 Å². The van der Waals surface area contributed by atoms with Crippen LogP contribution in [-0.2, 0) is 6.18 Å². The van der Waals surface area contributed by atoms with Gasteiger partial charge in [-0.2, -0.15) is 13.2 Å². The molecule has 0 aliphatic heterocycles. The number of aromatic carboxylic acids is 1. The first-order chi connectivity index (χ1) is 7.82. The Labute approximate surface area is 101 Å². The SMILES string of the molecule is O=C(O)c1c(C(F)(F)F)c(Br)cc2cc[nH]c12. The predicted octanol–water partition coefficient (Wildman–Crippen LogP) is 3.65. The lowest BCUT2D eigenvalue weighted by atomic mass is 10.0. The first-order valence-corrected chi connectivity index (χ1v) is 5.21. The zero-order chi connectivity index (χ0) is 12.8. The van der Waals surface area contributed by atoms with Crippen LogP contribution in [0.5, 0.6) is 0 Å². The average molecular weight is 308 g/mol. The minimum atomic E-state index is -4.73. The highest BCUT2D eigenvalue weighted by atomic mass is 79.9. The Balaban J connectivity index is 2.94. The molecule has 1 aromatic heterocycles. The van der Waals surface area contributed by atoms with Crippen LogP contribution in [0.2, 0.25) is 0 Å². The van der Waals surface area contributed by atoms with E-state index in [0.29, 0.717) is 5.39 Å². The molecule has 2 N–H and O–H groups in total. The van der Waals surface area contributed by atoms with E-state index in [1.165, 1.54) is 18.3 Å². The van der Waals surface area contributed by atoms with Crippen LogP contribution in [0, 0.1) is 0 Å². The molecule has 0 fully saturated rings. The molecule has 17 heavy (non-hydrogen) atoms. The number of rotatable bonds is 1. The van der Waals surface area contributed by atoms with E-state index in [4.69, 9.17) is 5.11 Å². The molecule has 0 saturated heterocycles. The van der Waals surface area contributed by atoms with Crippen molar-refractivity contribution in [3.05, 3.63) is 33.9 Å². The summed E-state index contributed by atoms with van der Waals surface area (Å²) in [6, 6.07) is 2.74. The molecule has 3 nitrogen and oxygen atoms in total. The summed E-state index contributed by atoms with van der Waals surface area (Å²) in [5, 5.41) is 9.33. The molecule has 0 aliphatic rings. The summed E-state index contributed by atoms with van der Waals surface area (Å²) in [4.78, 5) is 13.5. The van der Waals surface area contributed by atoms with Crippen molar-refractivity contribution in [2.24, 2.45) is 0 Å². The van der Waals surface area contributed by atoms with Crippen LogP contribution in [0.3, 0.4) is 0 Å². The molecule has 0 spiro atoms. The maximum absolute atomic E-state index is 12.8. The Morgan fingerprint density at radius 3 is 2.59 bits per heavy atom. The molecular weight excluding hydrogens is 303 g/mol. The smallest absolute Gasteiger partial charge is 0.418 e. The molecule has 1 heterocycles. The van der Waals surface area contributed by atoms with Gasteiger partial charge >= 0.3 is 12.1 Å². The summed E-state index contributed by atoms with van der Waals surface area (Å²) in [6.45, 7) is 0. The molecule has 0 radical (unpaired) electrons. The van der Waals surface area contributed by atoms with Gasteiger partial charge in [0.15, 0.2) is 0 Å². The molecule has 2 aromatic rings. The van der Waals surface area contributed by atoms with Crippen molar-refractivity contribution >= 4 is 32.8 Å². The van der Waals surface area contributed by atoms with Gasteiger partial charge in [0, 0.05) is 16.1 Å². The third kappa shape index (κ3) is 1.90. The molecule has 7 heteroatoms. The van der Waals surface area contributed by atoms with Gasteiger partial charge in [-0.25, -0.2) is 4.79 Å².